The van der Waals surface area contributed by atoms with Crippen molar-refractivity contribution in [3.8, 4) is 5.75 Å². The predicted octanol–water partition coefficient (Wildman–Crippen LogP) is 2.40. The number of ether oxygens (including phenoxy) is 1. The zero-order valence-corrected chi connectivity index (χ0v) is 18.2. The molecule has 0 aromatic heterocycles. The van der Waals surface area contributed by atoms with E-state index in [0.717, 1.165) is 38.0 Å². The van der Waals surface area contributed by atoms with E-state index >= 15 is 0 Å². The predicted molar refractivity (Wildman–Crippen MR) is 121 cm³/mol. The molecule has 32 heavy (non-hydrogen) atoms. The lowest BCUT2D eigenvalue weighted by Gasteiger charge is -2.18. The van der Waals surface area contributed by atoms with Crippen LogP contribution < -0.4 is 15.0 Å². The maximum absolute atomic E-state index is 12.5. The number of anilines is 1. The first-order valence-electron chi connectivity index (χ1n) is 11.2. The van der Waals surface area contributed by atoms with E-state index in [4.69, 9.17) is 4.74 Å². The molecule has 7 heteroatoms. The van der Waals surface area contributed by atoms with Crippen molar-refractivity contribution < 1.29 is 19.1 Å². The molecule has 2 aliphatic rings. The van der Waals surface area contributed by atoms with Crippen molar-refractivity contribution in [3.05, 3.63) is 60.2 Å². The van der Waals surface area contributed by atoms with Gasteiger partial charge in [-0.2, -0.15) is 0 Å². The van der Waals surface area contributed by atoms with Crippen LogP contribution in [0.4, 0.5) is 5.69 Å². The van der Waals surface area contributed by atoms with E-state index < -0.39 is 0 Å². The number of benzene rings is 2. The minimum atomic E-state index is -0.354. The molecule has 168 valence electrons. The van der Waals surface area contributed by atoms with Gasteiger partial charge in [-0.25, -0.2) is 0 Å². The van der Waals surface area contributed by atoms with E-state index in [-0.39, 0.29) is 36.7 Å². The van der Waals surface area contributed by atoms with Crippen LogP contribution in [0, 0.1) is 5.92 Å². The van der Waals surface area contributed by atoms with E-state index in [2.05, 4.69) is 5.32 Å². The van der Waals surface area contributed by atoms with Gasteiger partial charge >= 0.3 is 0 Å². The van der Waals surface area contributed by atoms with Crippen molar-refractivity contribution in [1.29, 1.82) is 0 Å². The van der Waals surface area contributed by atoms with Crippen LogP contribution >= 0.6 is 0 Å². The standard InChI is InChI=1S/C25H29N3O4/c29-23-16-20(25(31)26-13-12-19-6-2-1-3-7-19)17-28(23)21-8-10-22(11-9-21)32-18-24(30)27-14-4-5-15-27/h1-3,6-11,20H,4-5,12-18H2,(H,26,31). The number of carbonyl (C=O) groups excluding carboxylic acids is 3. The SMILES string of the molecule is O=C(NCCc1ccccc1)C1CC(=O)N(c2ccc(OCC(=O)N3CCCC3)cc2)C1. The summed E-state index contributed by atoms with van der Waals surface area (Å²) in [5, 5.41) is 2.95. The van der Waals surface area contributed by atoms with Crippen LogP contribution in [0.15, 0.2) is 54.6 Å². The van der Waals surface area contributed by atoms with E-state index in [0.29, 0.717) is 18.8 Å². The van der Waals surface area contributed by atoms with E-state index in [9.17, 15) is 14.4 Å². The van der Waals surface area contributed by atoms with Crippen LogP contribution in [0.25, 0.3) is 0 Å². The molecule has 2 aliphatic heterocycles. The summed E-state index contributed by atoms with van der Waals surface area (Å²) < 4.78 is 5.61. The maximum atomic E-state index is 12.5. The number of nitrogens with one attached hydrogen (secondary N) is 1. The molecule has 0 aliphatic carbocycles. The van der Waals surface area contributed by atoms with Gasteiger partial charge in [-0.15, -0.1) is 0 Å². The third-order valence-corrected chi connectivity index (χ3v) is 6.02. The van der Waals surface area contributed by atoms with Crippen LogP contribution in [0.1, 0.15) is 24.8 Å². The van der Waals surface area contributed by atoms with Crippen molar-refractivity contribution in [2.45, 2.75) is 25.7 Å². The fourth-order valence-corrected chi connectivity index (χ4v) is 4.18. The average Bonchev–Trinajstić information content (AvgIpc) is 3.49. The Kier molecular flexibility index (Phi) is 7.04. The molecule has 0 saturated carbocycles. The second kappa shape index (κ2) is 10.3. The maximum Gasteiger partial charge on any atom is 0.260 e. The molecule has 0 bridgehead atoms. The number of hydrogen-bond donors (Lipinski definition) is 1. The Morgan fingerprint density at radius 1 is 1.00 bits per heavy atom. The Hall–Kier alpha value is -3.35. The Labute approximate surface area is 188 Å². The molecule has 7 nitrogen and oxygen atoms in total. The second-order valence-corrected chi connectivity index (χ2v) is 8.30. The van der Waals surface area contributed by atoms with E-state index in [1.54, 1.807) is 29.2 Å². The summed E-state index contributed by atoms with van der Waals surface area (Å²) in [4.78, 5) is 40.6. The van der Waals surface area contributed by atoms with Crippen LogP contribution in [0.2, 0.25) is 0 Å². The molecule has 1 N–H and O–H groups in total. The summed E-state index contributed by atoms with van der Waals surface area (Å²) >= 11 is 0. The lowest BCUT2D eigenvalue weighted by molar-refractivity contribution is -0.132. The average molecular weight is 436 g/mol. The van der Waals surface area contributed by atoms with Crippen LogP contribution in [0.3, 0.4) is 0 Å². The quantitative estimate of drug-likeness (QED) is 0.691. The molecule has 2 heterocycles. The van der Waals surface area contributed by atoms with Gasteiger partial charge in [0.1, 0.15) is 5.75 Å². The number of hydrogen-bond acceptors (Lipinski definition) is 4. The Bertz CT molecular complexity index is 939. The zero-order chi connectivity index (χ0) is 22.3. The summed E-state index contributed by atoms with van der Waals surface area (Å²) in [5.41, 5.74) is 1.90. The highest BCUT2D eigenvalue weighted by atomic mass is 16.5. The summed E-state index contributed by atoms with van der Waals surface area (Å²) in [6.07, 6.45) is 3.07. The highest BCUT2D eigenvalue weighted by Gasteiger charge is 2.35. The van der Waals surface area contributed by atoms with Crippen molar-refractivity contribution >= 4 is 23.4 Å². The van der Waals surface area contributed by atoms with Gasteiger partial charge in [0.05, 0.1) is 5.92 Å². The summed E-state index contributed by atoms with van der Waals surface area (Å²) in [6, 6.07) is 17.1. The number of nitrogens with zero attached hydrogens (tertiary/aromatic N) is 2. The Balaban J connectivity index is 1.25. The van der Waals surface area contributed by atoms with Gasteiger partial charge in [-0.3, -0.25) is 14.4 Å². The van der Waals surface area contributed by atoms with Gasteiger partial charge in [0.15, 0.2) is 6.61 Å². The molecule has 3 amide bonds. The molecule has 2 fully saturated rings. The number of likely N-dealkylation sites (tertiary alicyclic amines) is 1. The smallest absolute Gasteiger partial charge is 0.260 e. The molecular weight excluding hydrogens is 406 g/mol. The molecule has 2 aromatic rings. The zero-order valence-electron chi connectivity index (χ0n) is 18.2. The van der Waals surface area contributed by atoms with Gasteiger partial charge in [0, 0.05) is 38.3 Å². The largest absolute Gasteiger partial charge is 0.484 e. The van der Waals surface area contributed by atoms with Crippen molar-refractivity contribution in [2.75, 3.05) is 37.7 Å². The normalized spacial score (nSPS) is 18.1. The summed E-state index contributed by atoms with van der Waals surface area (Å²) in [7, 11) is 0. The fraction of sp³-hybridized carbons (Fsp3) is 0.400. The van der Waals surface area contributed by atoms with E-state index in [1.807, 2.05) is 35.2 Å². The summed E-state index contributed by atoms with van der Waals surface area (Å²) in [6.45, 7) is 2.55. The molecule has 1 atom stereocenters. The van der Waals surface area contributed by atoms with Crippen molar-refractivity contribution in [1.82, 2.24) is 10.2 Å². The first kappa shape index (κ1) is 21.9. The highest BCUT2D eigenvalue weighted by molar-refractivity contribution is 6.00. The Morgan fingerprint density at radius 3 is 2.44 bits per heavy atom. The molecule has 0 spiro atoms. The third kappa shape index (κ3) is 5.46. The molecule has 2 aromatic carbocycles. The lowest BCUT2D eigenvalue weighted by Crippen LogP contribution is -2.34. The molecule has 0 radical (unpaired) electrons. The van der Waals surface area contributed by atoms with Crippen molar-refractivity contribution in [2.24, 2.45) is 5.92 Å². The minimum Gasteiger partial charge on any atom is -0.484 e. The van der Waals surface area contributed by atoms with Crippen LogP contribution in [-0.2, 0) is 20.8 Å². The first-order valence-corrected chi connectivity index (χ1v) is 11.2. The second-order valence-electron chi connectivity index (χ2n) is 8.30. The number of rotatable bonds is 8. The Morgan fingerprint density at radius 2 is 1.72 bits per heavy atom. The third-order valence-electron chi connectivity index (χ3n) is 6.02. The lowest BCUT2D eigenvalue weighted by atomic mass is 10.1. The molecule has 2 saturated heterocycles. The van der Waals surface area contributed by atoms with Gasteiger partial charge in [0.2, 0.25) is 11.8 Å². The van der Waals surface area contributed by atoms with Crippen LogP contribution in [0.5, 0.6) is 5.75 Å². The minimum absolute atomic E-state index is 0.00224. The van der Waals surface area contributed by atoms with Gasteiger partial charge < -0.3 is 19.9 Å². The molecular formula is C25H29N3O4. The first-order chi connectivity index (χ1) is 15.6. The van der Waals surface area contributed by atoms with Gasteiger partial charge in [-0.1, -0.05) is 30.3 Å². The number of amides is 3. The van der Waals surface area contributed by atoms with Crippen molar-refractivity contribution in [3.63, 3.8) is 0 Å². The molecule has 1 unspecified atom stereocenters. The van der Waals surface area contributed by atoms with Gasteiger partial charge in [0.25, 0.3) is 5.91 Å². The highest BCUT2D eigenvalue weighted by Crippen LogP contribution is 2.27. The van der Waals surface area contributed by atoms with Gasteiger partial charge in [-0.05, 0) is 49.1 Å². The fourth-order valence-electron chi connectivity index (χ4n) is 4.18. The topological polar surface area (TPSA) is 79.0 Å². The van der Waals surface area contributed by atoms with Crippen LogP contribution in [-0.4, -0.2) is 55.4 Å². The monoisotopic (exact) mass is 435 g/mol. The summed E-state index contributed by atoms with van der Waals surface area (Å²) in [5.74, 6) is 0.0843. The van der Waals surface area contributed by atoms with E-state index in [1.165, 1.54) is 5.56 Å². The number of carbonyl (C=O) groups is 3. The molecule has 4 rings (SSSR count).